The Labute approximate surface area is 136 Å². The molecule has 0 aromatic carbocycles. The zero-order chi connectivity index (χ0) is 15.0. The summed E-state index contributed by atoms with van der Waals surface area (Å²) in [6, 6.07) is 3.09. The predicted octanol–water partition coefficient (Wildman–Crippen LogP) is 2.78. The monoisotopic (exact) mass is 326 g/mol. The molecule has 0 bridgehead atoms. The van der Waals surface area contributed by atoms with Gasteiger partial charge in [0.1, 0.15) is 0 Å². The van der Waals surface area contributed by atoms with Crippen LogP contribution in [-0.2, 0) is 0 Å². The molecule has 4 nitrogen and oxygen atoms in total. The van der Waals surface area contributed by atoms with E-state index in [0.717, 1.165) is 24.3 Å². The van der Waals surface area contributed by atoms with Crippen molar-refractivity contribution in [3.8, 4) is 6.07 Å². The summed E-state index contributed by atoms with van der Waals surface area (Å²) in [6.07, 6.45) is 7.80. The van der Waals surface area contributed by atoms with Crippen molar-refractivity contribution in [2.75, 3.05) is 6.26 Å². The third kappa shape index (κ3) is 2.85. The van der Waals surface area contributed by atoms with Crippen LogP contribution >= 0.6 is 23.4 Å². The lowest BCUT2D eigenvalue weighted by atomic mass is 9.84. The lowest BCUT2D eigenvalue weighted by Crippen LogP contribution is -2.64. The van der Waals surface area contributed by atoms with Crippen molar-refractivity contribution in [2.24, 2.45) is 5.92 Å². The van der Waals surface area contributed by atoms with Crippen LogP contribution < -0.4 is 10.7 Å². The third-order valence-corrected chi connectivity index (χ3v) is 6.17. The zero-order valence-corrected chi connectivity index (χ0v) is 14.2. The molecule has 2 saturated heterocycles. The molecule has 2 fully saturated rings. The molecule has 6 heteroatoms. The fourth-order valence-corrected chi connectivity index (χ4v) is 4.97. The number of nitriles is 1. The first-order valence-electron chi connectivity index (χ1n) is 7.76. The Hall–Kier alpha value is -0.250. The molecular formula is C15H23ClN4S. The van der Waals surface area contributed by atoms with Gasteiger partial charge in [-0.05, 0) is 50.9 Å². The maximum absolute atomic E-state index is 9.74. The number of hydrogen-bond donors (Lipinski definition) is 2. The van der Waals surface area contributed by atoms with E-state index >= 15 is 0 Å². The number of hydrazine groups is 1. The molecule has 2 aliphatic heterocycles. The molecule has 0 spiro atoms. The van der Waals surface area contributed by atoms with E-state index in [1.807, 2.05) is 0 Å². The van der Waals surface area contributed by atoms with E-state index in [0.29, 0.717) is 12.2 Å². The first-order chi connectivity index (χ1) is 10.2. The zero-order valence-electron chi connectivity index (χ0n) is 12.6. The molecule has 5 unspecified atom stereocenters. The molecule has 5 atom stereocenters. The van der Waals surface area contributed by atoms with Gasteiger partial charge >= 0.3 is 0 Å². The van der Waals surface area contributed by atoms with Crippen molar-refractivity contribution < 1.29 is 0 Å². The second kappa shape index (κ2) is 6.47. The largest absolute Gasteiger partial charge is 0.288 e. The number of fused-ring (bicyclic) bond motifs is 1. The third-order valence-electron chi connectivity index (χ3n) is 4.81. The Morgan fingerprint density at radius 1 is 1.38 bits per heavy atom. The molecule has 21 heavy (non-hydrogen) atoms. The van der Waals surface area contributed by atoms with Gasteiger partial charge in [0.2, 0.25) is 0 Å². The van der Waals surface area contributed by atoms with Crippen LogP contribution in [0.3, 0.4) is 0 Å². The highest BCUT2D eigenvalue weighted by Gasteiger charge is 2.48. The SMILES string of the molecule is CSC1NC2CC(C)NN2C(C2=C(Cl)CCCC2)C1C#N. The van der Waals surface area contributed by atoms with E-state index in [2.05, 4.69) is 35.0 Å². The van der Waals surface area contributed by atoms with Gasteiger partial charge in [0, 0.05) is 11.1 Å². The highest BCUT2D eigenvalue weighted by atomic mass is 35.5. The number of thioether (sulfide) groups is 1. The van der Waals surface area contributed by atoms with E-state index in [-0.39, 0.29) is 17.3 Å². The van der Waals surface area contributed by atoms with Gasteiger partial charge in [0.05, 0.1) is 29.6 Å². The molecule has 0 saturated carbocycles. The van der Waals surface area contributed by atoms with Crippen molar-refractivity contribution in [1.82, 2.24) is 15.8 Å². The van der Waals surface area contributed by atoms with Gasteiger partial charge < -0.3 is 0 Å². The lowest BCUT2D eigenvalue weighted by molar-refractivity contribution is 0.0473. The molecule has 0 radical (unpaired) electrons. The van der Waals surface area contributed by atoms with Gasteiger partial charge in [-0.25, -0.2) is 5.01 Å². The number of hydrogen-bond acceptors (Lipinski definition) is 5. The van der Waals surface area contributed by atoms with Crippen LogP contribution in [0.5, 0.6) is 0 Å². The van der Waals surface area contributed by atoms with Gasteiger partial charge in [0.25, 0.3) is 0 Å². The Bertz CT molecular complexity index is 475. The second-order valence-corrected chi connectivity index (χ2v) is 7.68. The summed E-state index contributed by atoms with van der Waals surface area (Å²) in [7, 11) is 0. The van der Waals surface area contributed by atoms with Crippen LogP contribution in [0.2, 0.25) is 0 Å². The molecule has 0 amide bonds. The van der Waals surface area contributed by atoms with Crippen molar-refractivity contribution in [1.29, 1.82) is 5.26 Å². The van der Waals surface area contributed by atoms with Gasteiger partial charge in [-0.15, -0.1) is 11.8 Å². The number of nitrogens with one attached hydrogen (secondary N) is 2. The number of halogens is 1. The minimum atomic E-state index is -0.0732. The fourth-order valence-electron chi connectivity index (χ4n) is 3.84. The highest BCUT2D eigenvalue weighted by molar-refractivity contribution is 7.99. The first kappa shape index (κ1) is 15.6. The van der Waals surface area contributed by atoms with E-state index < -0.39 is 0 Å². The van der Waals surface area contributed by atoms with Gasteiger partial charge in [0.15, 0.2) is 0 Å². The van der Waals surface area contributed by atoms with E-state index in [1.54, 1.807) is 11.8 Å². The Kier molecular flexibility index (Phi) is 4.82. The molecule has 116 valence electrons. The molecule has 3 rings (SSSR count). The van der Waals surface area contributed by atoms with Crippen molar-refractivity contribution in [3.63, 3.8) is 0 Å². The quantitative estimate of drug-likeness (QED) is 0.817. The van der Waals surface area contributed by atoms with Crippen LogP contribution in [-0.4, -0.2) is 34.9 Å². The fraction of sp³-hybridized carbons (Fsp3) is 0.800. The highest BCUT2D eigenvalue weighted by Crippen LogP contribution is 2.40. The molecule has 3 aliphatic rings. The van der Waals surface area contributed by atoms with E-state index in [1.165, 1.54) is 18.4 Å². The van der Waals surface area contributed by atoms with Crippen LogP contribution in [0.1, 0.15) is 39.0 Å². The smallest absolute Gasteiger partial charge is 0.0918 e. The molecule has 2 heterocycles. The normalized spacial score (nSPS) is 41.0. The average molecular weight is 327 g/mol. The summed E-state index contributed by atoms with van der Waals surface area (Å²) in [5, 5.41) is 16.8. The summed E-state index contributed by atoms with van der Waals surface area (Å²) in [5.41, 5.74) is 4.84. The summed E-state index contributed by atoms with van der Waals surface area (Å²) in [6.45, 7) is 2.20. The summed E-state index contributed by atoms with van der Waals surface area (Å²) in [5.74, 6) is -0.0732. The minimum Gasteiger partial charge on any atom is -0.288 e. The lowest BCUT2D eigenvalue weighted by Gasteiger charge is -2.46. The van der Waals surface area contributed by atoms with Crippen molar-refractivity contribution in [3.05, 3.63) is 10.6 Å². The Morgan fingerprint density at radius 2 is 2.14 bits per heavy atom. The van der Waals surface area contributed by atoms with Crippen molar-refractivity contribution >= 4 is 23.4 Å². The van der Waals surface area contributed by atoms with Crippen LogP contribution in [0.15, 0.2) is 10.6 Å². The van der Waals surface area contributed by atoms with E-state index in [4.69, 9.17) is 11.6 Å². The maximum atomic E-state index is 9.74. The van der Waals surface area contributed by atoms with Gasteiger partial charge in [-0.1, -0.05) is 11.6 Å². The van der Waals surface area contributed by atoms with Gasteiger partial charge in [-0.3, -0.25) is 10.7 Å². The molecule has 0 aromatic rings. The first-order valence-corrected chi connectivity index (χ1v) is 9.42. The summed E-state index contributed by atoms with van der Waals surface area (Å²) >= 11 is 8.29. The summed E-state index contributed by atoms with van der Waals surface area (Å²) < 4.78 is 0. The predicted molar refractivity (Wildman–Crippen MR) is 87.5 cm³/mol. The number of allylic oxidation sites excluding steroid dienone is 1. The van der Waals surface area contributed by atoms with Crippen LogP contribution in [0.4, 0.5) is 0 Å². The van der Waals surface area contributed by atoms with E-state index in [9.17, 15) is 5.26 Å². The Morgan fingerprint density at radius 3 is 2.81 bits per heavy atom. The molecular weight excluding hydrogens is 304 g/mol. The van der Waals surface area contributed by atoms with Crippen LogP contribution in [0.25, 0.3) is 0 Å². The maximum Gasteiger partial charge on any atom is 0.0918 e. The van der Waals surface area contributed by atoms with Crippen molar-refractivity contribution in [2.45, 2.75) is 62.7 Å². The molecule has 1 aliphatic carbocycles. The molecule has 0 aromatic heterocycles. The standard InChI is InChI=1S/C15H23ClN4S/c1-9-7-13-18-15(21-2)11(8-17)14(20(13)19-9)10-5-3-4-6-12(10)16/h9,11,13-15,18-19H,3-7H2,1-2H3. The Balaban J connectivity index is 1.97. The summed E-state index contributed by atoms with van der Waals surface area (Å²) in [4.78, 5) is 0. The topological polar surface area (TPSA) is 51.1 Å². The molecule has 2 N–H and O–H groups in total. The number of rotatable bonds is 2. The minimum absolute atomic E-state index is 0.0732. The second-order valence-electron chi connectivity index (χ2n) is 6.25. The average Bonchev–Trinajstić information content (AvgIpc) is 2.85. The number of nitrogens with zero attached hydrogens (tertiary/aromatic N) is 2. The van der Waals surface area contributed by atoms with Gasteiger partial charge in [-0.2, -0.15) is 5.26 Å². The van der Waals surface area contributed by atoms with Crippen LogP contribution in [0, 0.1) is 17.2 Å².